The molecule has 1 fully saturated rings. The van der Waals surface area contributed by atoms with Crippen molar-refractivity contribution in [3.63, 3.8) is 0 Å². The number of hydrogen-bond acceptors (Lipinski definition) is 5. The molecule has 2 aromatic rings. The van der Waals surface area contributed by atoms with Crippen LogP contribution in [-0.2, 0) is 11.3 Å². The molecule has 2 heterocycles. The fourth-order valence-electron chi connectivity index (χ4n) is 2.58. The zero-order chi connectivity index (χ0) is 14.8. The van der Waals surface area contributed by atoms with Crippen molar-refractivity contribution in [1.29, 1.82) is 0 Å². The highest BCUT2D eigenvalue weighted by molar-refractivity contribution is 7.10. The highest BCUT2D eigenvalue weighted by Crippen LogP contribution is 2.25. The molecule has 0 spiro atoms. The Morgan fingerprint density at radius 2 is 2.19 bits per heavy atom. The first-order valence-corrected chi connectivity index (χ1v) is 7.85. The van der Waals surface area contributed by atoms with E-state index in [1.807, 2.05) is 47.2 Å². The number of rotatable bonds is 4. The van der Waals surface area contributed by atoms with Crippen LogP contribution in [0.25, 0.3) is 0 Å². The summed E-state index contributed by atoms with van der Waals surface area (Å²) < 4.78 is 4.41. The van der Waals surface area contributed by atoms with Crippen LogP contribution < -0.4 is 4.90 Å². The number of likely N-dealkylation sites (N-methyl/N-ethyl adjacent to an activating group) is 1. The van der Waals surface area contributed by atoms with E-state index < -0.39 is 0 Å². The lowest BCUT2D eigenvalue weighted by atomic mass is 10.2. The van der Waals surface area contributed by atoms with Gasteiger partial charge in [-0.1, -0.05) is 34.3 Å². The topological polar surface area (TPSA) is 49.3 Å². The van der Waals surface area contributed by atoms with Gasteiger partial charge in [0.15, 0.2) is 0 Å². The van der Waals surface area contributed by atoms with E-state index in [4.69, 9.17) is 11.6 Å². The molecule has 1 aromatic heterocycles. The number of para-hydroxylation sites is 1. The number of halogens is 1. The summed E-state index contributed by atoms with van der Waals surface area (Å²) in [4.78, 5) is 16.4. The largest absolute Gasteiger partial charge is 0.311 e. The molecule has 0 radical (unpaired) electrons. The average Bonchev–Trinajstić information content (AvgIpc) is 3.06. The summed E-state index contributed by atoms with van der Waals surface area (Å²) >= 11 is 7.19. The van der Waals surface area contributed by atoms with E-state index in [0.29, 0.717) is 10.9 Å². The maximum atomic E-state index is 12.6. The van der Waals surface area contributed by atoms with Crippen molar-refractivity contribution in [2.75, 3.05) is 18.5 Å². The van der Waals surface area contributed by atoms with Crippen molar-refractivity contribution < 1.29 is 4.79 Å². The van der Waals surface area contributed by atoms with Gasteiger partial charge < -0.3 is 4.90 Å². The SMILES string of the molecule is CN(Cc1nnsc1Cl)C1CCN(c2ccccc2)C1=O. The number of aromatic nitrogens is 2. The maximum absolute atomic E-state index is 12.6. The van der Waals surface area contributed by atoms with Gasteiger partial charge in [-0.15, -0.1) is 5.10 Å². The van der Waals surface area contributed by atoms with Gasteiger partial charge in [-0.25, -0.2) is 0 Å². The van der Waals surface area contributed by atoms with Crippen molar-refractivity contribution in [3.05, 3.63) is 40.4 Å². The van der Waals surface area contributed by atoms with E-state index in [1.54, 1.807) is 0 Å². The van der Waals surface area contributed by atoms with Gasteiger partial charge in [0.05, 0.1) is 6.04 Å². The predicted molar refractivity (Wildman–Crippen MR) is 83.6 cm³/mol. The first kappa shape index (κ1) is 14.4. The predicted octanol–water partition coefficient (Wildman–Crippen LogP) is 2.43. The van der Waals surface area contributed by atoms with Crippen molar-refractivity contribution in [3.8, 4) is 0 Å². The second kappa shape index (κ2) is 6.09. The molecule has 1 amide bonds. The summed E-state index contributed by atoms with van der Waals surface area (Å²) in [7, 11) is 1.92. The third kappa shape index (κ3) is 2.92. The van der Waals surface area contributed by atoms with Crippen LogP contribution in [-0.4, -0.2) is 40.0 Å². The van der Waals surface area contributed by atoms with E-state index >= 15 is 0 Å². The highest BCUT2D eigenvalue weighted by Gasteiger charge is 2.35. The number of carbonyl (C=O) groups excluding carboxylic acids is 1. The van der Waals surface area contributed by atoms with Gasteiger partial charge >= 0.3 is 0 Å². The summed E-state index contributed by atoms with van der Waals surface area (Å²) in [6, 6.07) is 9.62. The Kier molecular flexibility index (Phi) is 4.19. The molecule has 110 valence electrons. The molecule has 1 aromatic carbocycles. The monoisotopic (exact) mass is 322 g/mol. The minimum Gasteiger partial charge on any atom is -0.311 e. The minimum absolute atomic E-state index is 0.128. The molecule has 1 unspecified atom stereocenters. The lowest BCUT2D eigenvalue weighted by Crippen LogP contribution is -2.39. The molecular weight excluding hydrogens is 308 g/mol. The Morgan fingerprint density at radius 3 is 2.86 bits per heavy atom. The van der Waals surface area contributed by atoms with Gasteiger partial charge in [0.1, 0.15) is 10.0 Å². The third-order valence-corrected chi connectivity index (χ3v) is 4.67. The molecule has 1 saturated heterocycles. The van der Waals surface area contributed by atoms with Crippen LogP contribution >= 0.6 is 23.1 Å². The van der Waals surface area contributed by atoms with Crippen LogP contribution in [0.2, 0.25) is 4.34 Å². The molecule has 3 rings (SSSR count). The van der Waals surface area contributed by atoms with E-state index in [9.17, 15) is 4.79 Å². The molecule has 0 bridgehead atoms. The Bertz CT molecular complexity index is 633. The molecule has 1 atom stereocenters. The number of amides is 1. The van der Waals surface area contributed by atoms with Crippen LogP contribution in [0, 0.1) is 0 Å². The molecule has 0 N–H and O–H groups in total. The van der Waals surface area contributed by atoms with Gasteiger partial charge in [-0.05, 0) is 25.6 Å². The third-order valence-electron chi connectivity index (χ3n) is 3.69. The quantitative estimate of drug-likeness (QED) is 0.867. The summed E-state index contributed by atoms with van der Waals surface area (Å²) in [5, 5.41) is 4.00. The smallest absolute Gasteiger partial charge is 0.244 e. The number of anilines is 1. The van der Waals surface area contributed by atoms with Crippen LogP contribution in [0.4, 0.5) is 5.69 Å². The van der Waals surface area contributed by atoms with Crippen LogP contribution in [0.3, 0.4) is 0 Å². The van der Waals surface area contributed by atoms with E-state index in [0.717, 1.165) is 24.3 Å². The van der Waals surface area contributed by atoms with Gasteiger partial charge in [-0.2, -0.15) is 0 Å². The Morgan fingerprint density at radius 1 is 1.43 bits per heavy atom. The molecule has 0 aliphatic carbocycles. The van der Waals surface area contributed by atoms with Crippen LogP contribution in [0.15, 0.2) is 30.3 Å². The lowest BCUT2D eigenvalue weighted by Gasteiger charge is -2.23. The van der Waals surface area contributed by atoms with Gasteiger partial charge in [-0.3, -0.25) is 9.69 Å². The Hall–Kier alpha value is -1.50. The van der Waals surface area contributed by atoms with Crippen LogP contribution in [0.5, 0.6) is 0 Å². The molecule has 1 aliphatic rings. The highest BCUT2D eigenvalue weighted by atomic mass is 35.5. The summed E-state index contributed by atoms with van der Waals surface area (Å²) in [5.41, 5.74) is 1.68. The minimum atomic E-state index is -0.136. The first-order valence-electron chi connectivity index (χ1n) is 6.70. The van der Waals surface area contributed by atoms with Crippen molar-refractivity contribution in [2.45, 2.75) is 19.0 Å². The standard InChI is InChI=1S/C14H15ClN4OS/c1-18(9-11-13(15)21-17-16-11)12-7-8-19(14(12)20)10-5-3-2-4-6-10/h2-6,12H,7-9H2,1H3. The molecule has 7 heteroatoms. The second-order valence-corrected chi connectivity index (χ2v) is 6.39. The number of hydrogen-bond donors (Lipinski definition) is 0. The molecule has 0 saturated carbocycles. The summed E-state index contributed by atoms with van der Waals surface area (Å²) in [5.74, 6) is 0.128. The number of nitrogens with zero attached hydrogens (tertiary/aromatic N) is 4. The second-order valence-electron chi connectivity index (χ2n) is 5.04. The van der Waals surface area contributed by atoms with E-state index in [2.05, 4.69) is 9.59 Å². The van der Waals surface area contributed by atoms with Crippen molar-refractivity contribution >= 4 is 34.7 Å². The maximum Gasteiger partial charge on any atom is 0.244 e. The summed E-state index contributed by atoms with van der Waals surface area (Å²) in [6.45, 7) is 1.27. The molecule has 21 heavy (non-hydrogen) atoms. The van der Waals surface area contributed by atoms with Crippen molar-refractivity contribution in [1.82, 2.24) is 14.5 Å². The zero-order valence-corrected chi connectivity index (χ0v) is 13.1. The van der Waals surface area contributed by atoms with E-state index in [1.165, 1.54) is 11.5 Å². The normalized spacial score (nSPS) is 18.7. The fourth-order valence-corrected chi connectivity index (χ4v) is 3.19. The molecular formula is C14H15ClN4OS. The average molecular weight is 323 g/mol. The Balaban J connectivity index is 1.70. The van der Waals surface area contributed by atoms with E-state index in [-0.39, 0.29) is 11.9 Å². The van der Waals surface area contributed by atoms with Crippen LogP contribution in [0.1, 0.15) is 12.1 Å². The zero-order valence-electron chi connectivity index (χ0n) is 11.6. The Labute approximate surface area is 132 Å². The number of benzene rings is 1. The van der Waals surface area contributed by atoms with Gasteiger partial charge in [0, 0.05) is 30.3 Å². The molecule has 5 nitrogen and oxygen atoms in total. The number of carbonyl (C=O) groups is 1. The fraction of sp³-hybridized carbons (Fsp3) is 0.357. The summed E-state index contributed by atoms with van der Waals surface area (Å²) in [6.07, 6.45) is 0.805. The van der Waals surface area contributed by atoms with Gasteiger partial charge in [0.2, 0.25) is 5.91 Å². The van der Waals surface area contributed by atoms with Gasteiger partial charge in [0.25, 0.3) is 0 Å². The van der Waals surface area contributed by atoms with Crippen molar-refractivity contribution in [2.24, 2.45) is 0 Å². The lowest BCUT2D eigenvalue weighted by molar-refractivity contribution is -0.121. The molecule has 1 aliphatic heterocycles. The first-order chi connectivity index (χ1) is 10.2.